The fourth-order valence-electron chi connectivity index (χ4n) is 3.08. The number of carbonyl (C=O) groups is 1. The minimum Gasteiger partial charge on any atom is -0.466 e. The number of aromatic nitrogens is 1. The molecule has 1 aliphatic rings. The first-order valence-electron chi connectivity index (χ1n) is 10.0. The third-order valence-electron chi connectivity index (χ3n) is 4.64. The molecule has 5 nitrogen and oxygen atoms in total. The number of carbonyl (C=O) groups excluding carboxylic acids is 1. The summed E-state index contributed by atoms with van der Waals surface area (Å²) >= 11 is 3.70. The number of rotatable bonds is 4. The molecular formula is C22H37BrN2O3. The van der Waals surface area contributed by atoms with Crippen LogP contribution in [0.3, 0.4) is 0 Å². The second-order valence-electron chi connectivity index (χ2n) is 9.23. The molecule has 2 heterocycles. The van der Waals surface area contributed by atoms with Crippen LogP contribution in [0.25, 0.3) is 0 Å². The molecule has 0 atom stereocenters. The van der Waals surface area contributed by atoms with Crippen LogP contribution in [0.4, 0.5) is 5.69 Å². The molecule has 28 heavy (non-hydrogen) atoms. The van der Waals surface area contributed by atoms with E-state index in [0.29, 0.717) is 12.0 Å². The second-order valence-corrected chi connectivity index (χ2v) is 10.0. The summed E-state index contributed by atoms with van der Waals surface area (Å²) in [5, 5.41) is 8.52. The van der Waals surface area contributed by atoms with E-state index in [1.54, 1.807) is 20.8 Å². The predicted molar refractivity (Wildman–Crippen MR) is 119 cm³/mol. The normalized spacial score (nSPS) is 16.3. The zero-order chi connectivity index (χ0) is 21.7. The van der Waals surface area contributed by atoms with E-state index in [0.717, 1.165) is 53.0 Å². The molecule has 1 aromatic heterocycles. The van der Waals surface area contributed by atoms with Crippen molar-refractivity contribution in [1.82, 2.24) is 4.98 Å². The molecule has 0 amide bonds. The lowest BCUT2D eigenvalue weighted by molar-refractivity contribution is -0.142. The van der Waals surface area contributed by atoms with Gasteiger partial charge >= 0.3 is 5.97 Å². The number of aliphatic hydroxyl groups is 1. The number of hydrogen-bond acceptors (Lipinski definition) is 5. The molecule has 0 saturated carbocycles. The van der Waals surface area contributed by atoms with Gasteiger partial charge in [-0.3, -0.25) is 9.78 Å². The Kier molecular flexibility index (Phi) is 8.94. The van der Waals surface area contributed by atoms with E-state index in [4.69, 9.17) is 9.84 Å². The van der Waals surface area contributed by atoms with Crippen molar-refractivity contribution in [3.05, 3.63) is 21.4 Å². The molecule has 0 spiro atoms. The van der Waals surface area contributed by atoms with Gasteiger partial charge in [0.2, 0.25) is 0 Å². The standard InChI is InChI=1S/C18H27BrN2O2.C4H10O/c1-6-23-15(22)11-14-12(2)20-13(3)16(19)17(14)21-9-7-18(4,5)8-10-21;1-4(2,3)5/h6-11H2,1-5H3;5H,1-3H3. The summed E-state index contributed by atoms with van der Waals surface area (Å²) in [6, 6.07) is 0. The Morgan fingerprint density at radius 1 is 1.21 bits per heavy atom. The van der Waals surface area contributed by atoms with E-state index in [1.165, 1.54) is 0 Å². The lowest BCUT2D eigenvalue weighted by Gasteiger charge is -2.39. The number of piperidine rings is 1. The average Bonchev–Trinajstić information content (AvgIpc) is 2.52. The summed E-state index contributed by atoms with van der Waals surface area (Å²) in [6.45, 7) is 18.1. The number of esters is 1. The van der Waals surface area contributed by atoms with E-state index in [-0.39, 0.29) is 12.4 Å². The molecule has 6 heteroatoms. The molecule has 1 aliphatic heterocycles. The van der Waals surface area contributed by atoms with Crippen LogP contribution in [0.1, 0.15) is 71.3 Å². The van der Waals surface area contributed by atoms with Gasteiger partial charge in [0.25, 0.3) is 0 Å². The molecule has 2 rings (SSSR count). The van der Waals surface area contributed by atoms with Gasteiger partial charge in [0.05, 0.1) is 34.5 Å². The van der Waals surface area contributed by atoms with Crippen LogP contribution in [-0.4, -0.2) is 41.4 Å². The summed E-state index contributed by atoms with van der Waals surface area (Å²) in [5.74, 6) is -0.188. The Morgan fingerprint density at radius 3 is 2.18 bits per heavy atom. The third-order valence-corrected chi connectivity index (χ3v) is 5.59. The van der Waals surface area contributed by atoms with E-state index in [1.807, 2.05) is 20.8 Å². The third kappa shape index (κ3) is 8.08. The van der Waals surface area contributed by atoms with Crippen molar-refractivity contribution in [3.63, 3.8) is 0 Å². The van der Waals surface area contributed by atoms with Crippen LogP contribution < -0.4 is 4.90 Å². The maximum atomic E-state index is 12.0. The molecule has 0 aliphatic carbocycles. The molecule has 1 fully saturated rings. The van der Waals surface area contributed by atoms with Gasteiger partial charge in [-0.25, -0.2) is 0 Å². The van der Waals surface area contributed by atoms with E-state index < -0.39 is 5.60 Å². The Labute approximate surface area is 179 Å². The maximum Gasteiger partial charge on any atom is 0.310 e. The van der Waals surface area contributed by atoms with Gasteiger partial charge in [0.15, 0.2) is 0 Å². The molecule has 0 aromatic carbocycles. The van der Waals surface area contributed by atoms with Gasteiger partial charge in [0, 0.05) is 24.3 Å². The highest BCUT2D eigenvalue weighted by molar-refractivity contribution is 9.10. The zero-order valence-corrected chi connectivity index (χ0v) is 20.4. The van der Waals surface area contributed by atoms with E-state index in [9.17, 15) is 4.79 Å². The molecule has 160 valence electrons. The van der Waals surface area contributed by atoms with Crippen molar-refractivity contribution in [2.75, 3.05) is 24.6 Å². The minimum absolute atomic E-state index is 0.188. The summed E-state index contributed by atoms with van der Waals surface area (Å²) in [7, 11) is 0. The zero-order valence-electron chi connectivity index (χ0n) is 18.8. The Balaban J connectivity index is 0.000000696. The first kappa shape index (κ1) is 24.9. The first-order chi connectivity index (χ1) is 12.7. The van der Waals surface area contributed by atoms with E-state index >= 15 is 0 Å². The highest BCUT2D eigenvalue weighted by Gasteiger charge is 2.29. The first-order valence-corrected chi connectivity index (χ1v) is 10.8. The van der Waals surface area contributed by atoms with Crippen LogP contribution in [0.15, 0.2) is 4.47 Å². The lowest BCUT2D eigenvalue weighted by atomic mass is 9.82. The van der Waals surface area contributed by atoms with Crippen molar-refractivity contribution in [1.29, 1.82) is 0 Å². The number of anilines is 1. The average molecular weight is 457 g/mol. The summed E-state index contributed by atoms with van der Waals surface area (Å²) in [6.07, 6.45) is 2.58. The molecular weight excluding hydrogens is 420 g/mol. The number of nitrogens with zero attached hydrogens (tertiary/aromatic N) is 2. The number of halogens is 1. The Morgan fingerprint density at radius 2 is 1.71 bits per heavy atom. The fraction of sp³-hybridized carbons (Fsp3) is 0.727. The fourth-order valence-corrected chi connectivity index (χ4v) is 3.66. The second kappa shape index (κ2) is 10.1. The van der Waals surface area contributed by atoms with Crippen LogP contribution in [-0.2, 0) is 16.0 Å². The van der Waals surface area contributed by atoms with Crippen molar-refractivity contribution in [2.45, 2.75) is 80.3 Å². The molecule has 1 saturated heterocycles. The number of pyridine rings is 1. The highest BCUT2D eigenvalue weighted by atomic mass is 79.9. The number of hydrogen-bond donors (Lipinski definition) is 1. The number of aryl methyl sites for hydroxylation is 2. The Bertz CT molecular complexity index is 665. The molecule has 1 N–H and O–H groups in total. The van der Waals surface area contributed by atoms with Gasteiger partial charge < -0.3 is 14.7 Å². The monoisotopic (exact) mass is 456 g/mol. The van der Waals surface area contributed by atoms with Crippen molar-refractivity contribution >= 4 is 27.6 Å². The van der Waals surface area contributed by atoms with Gasteiger partial charge in [-0.05, 0) is 75.7 Å². The van der Waals surface area contributed by atoms with Crippen LogP contribution in [0.2, 0.25) is 0 Å². The van der Waals surface area contributed by atoms with E-state index in [2.05, 4.69) is 39.7 Å². The largest absolute Gasteiger partial charge is 0.466 e. The van der Waals surface area contributed by atoms with Crippen molar-refractivity contribution in [3.8, 4) is 0 Å². The van der Waals surface area contributed by atoms with Gasteiger partial charge in [-0.1, -0.05) is 13.8 Å². The van der Waals surface area contributed by atoms with Gasteiger partial charge in [-0.15, -0.1) is 0 Å². The van der Waals surface area contributed by atoms with Gasteiger partial charge in [-0.2, -0.15) is 0 Å². The number of ether oxygens (including phenoxy) is 1. The predicted octanol–water partition coefficient (Wildman–Crippen LogP) is 4.97. The lowest BCUT2D eigenvalue weighted by Crippen LogP contribution is -2.38. The summed E-state index contributed by atoms with van der Waals surface area (Å²) < 4.78 is 6.15. The maximum absolute atomic E-state index is 12.0. The smallest absolute Gasteiger partial charge is 0.310 e. The summed E-state index contributed by atoms with van der Waals surface area (Å²) in [4.78, 5) is 19.0. The van der Waals surface area contributed by atoms with Crippen LogP contribution in [0.5, 0.6) is 0 Å². The highest BCUT2D eigenvalue weighted by Crippen LogP contribution is 2.39. The van der Waals surface area contributed by atoms with Crippen molar-refractivity contribution in [2.24, 2.45) is 5.41 Å². The topological polar surface area (TPSA) is 62.7 Å². The minimum atomic E-state index is -0.500. The molecule has 1 aromatic rings. The molecule has 0 radical (unpaired) electrons. The van der Waals surface area contributed by atoms with Crippen molar-refractivity contribution < 1.29 is 14.6 Å². The van der Waals surface area contributed by atoms with Crippen LogP contribution in [0, 0.1) is 19.3 Å². The van der Waals surface area contributed by atoms with Gasteiger partial charge in [0.1, 0.15) is 0 Å². The Hall–Kier alpha value is -1.14. The molecule has 0 bridgehead atoms. The molecule has 0 unspecified atom stereocenters. The quantitative estimate of drug-likeness (QED) is 0.647. The SMILES string of the molecule is CC(C)(C)O.CCOC(=O)Cc1c(C)nc(C)c(Br)c1N1CCC(C)(C)CC1. The summed E-state index contributed by atoms with van der Waals surface area (Å²) in [5.41, 5.74) is 3.88. The van der Waals surface area contributed by atoms with Crippen LogP contribution >= 0.6 is 15.9 Å².